The third-order valence-electron chi connectivity index (χ3n) is 3.95. The zero-order chi connectivity index (χ0) is 14.1. The second-order valence-corrected chi connectivity index (χ2v) is 6.00. The van der Waals surface area contributed by atoms with Crippen LogP contribution < -0.4 is 0 Å². The summed E-state index contributed by atoms with van der Waals surface area (Å²) in [6.45, 7) is 0. The quantitative estimate of drug-likeness (QED) is 0.716. The van der Waals surface area contributed by atoms with Crippen molar-refractivity contribution in [1.82, 2.24) is 0 Å². The molecule has 1 aliphatic carbocycles. The van der Waals surface area contributed by atoms with Crippen LogP contribution in [-0.4, -0.2) is 5.78 Å². The molecule has 0 aliphatic heterocycles. The number of hydrogen-bond acceptors (Lipinski definition) is 1. The second kappa shape index (κ2) is 5.49. The molecule has 102 valence electrons. The maximum Gasteiger partial charge on any atom is 0.196 e. The van der Waals surface area contributed by atoms with Gasteiger partial charge in [0, 0.05) is 5.56 Å². The Labute approximate surface area is 126 Å². The summed E-state index contributed by atoms with van der Waals surface area (Å²) >= 11 is 3.13. The third kappa shape index (κ3) is 2.31. The number of hydrogen-bond donors (Lipinski definition) is 0. The van der Waals surface area contributed by atoms with E-state index in [-0.39, 0.29) is 11.3 Å². The highest BCUT2D eigenvalue weighted by Gasteiger charge is 2.25. The van der Waals surface area contributed by atoms with Gasteiger partial charge in [-0.1, -0.05) is 36.8 Å². The van der Waals surface area contributed by atoms with Gasteiger partial charge in [0.1, 0.15) is 5.82 Å². The van der Waals surface area contributed by atoms with E-state index in [9.17, 15) is 9.18 Å². The highest BCUT2D eigenvalue weighted by molar-refractivity contribution is 9.10. The molecule has 0 aromatic heterocycles. The van der Waals surface area contributed by atoms with Gasteiger partial charge in [0.25, 0.3) is 0 Å². The molecular weight excluding hydrogens is 319 g/mol. The number of rotatable bonds is 3. The van der Waals surface area contributed by atoms with E-state index in [1.165, 1.54) is 6.42 Å². The standard InChI is InChI=1S/C17H14BrFO/c18-15-10-4-9-14(16(15)19)17(20)13-8-2-1-7-12(13)11-5-3-6-11/h1-2,4,7-11H,3,5-6H2. The fraction of sp³-hybridized carbons (Fsp3) is 0.235. The summed E-state index contributed by atoms with van der Waals surface area (Å²) in [5.74, 6) is -0.266. The molecule has 3 rings (SSSR count). The van der Waals surface area contributed by atoms with E-state index >= 15 is 0 Å². The Hall–Kier alpha value is -1.48. The Balaban J connectivity index is 2.04. The minimum atomic E-state index is -0.485. The Morgan fingerprint density at radius 2 is 1.75 bits per heavy atom. The van der Waals surface area contributed by atoms with Crippen LogP contribution in [0, 0.1) is 5.82 Å². The van der Waals surface area contributed by atoms with Gasteiger partial charge < -0.3 is 0 Å². The first-order valence-electron chi connectivity index (χ1n) is 6.76. The van der Waals surface area contributed by atoms with E-state index in [2.05, 4.69) is 15.9 Å². The fourth-order valence-electron chi connectivity index (χ4n) is 2.60. The smallest absolute Gasteiger partial charge is 0.196 e. The van der Waals surface area contributed by atoms with Crippen LogP contribution in [-0.2, 0) is 0 Å². The first kappa shape index (κ1) is 13.5. The van der Waals surface area contributed by atoms with Gasteiger partial charge in [-0.05, 0) is 52.4 Å². The first-order valence-corrected chi connectivity index (χ1v) is 7.55. The van der Waals surface area contributed by atoms with Gasteiger partial charge in [0.05, 0.1) is 10.0 Å². The van der Waals surface area contributed by atoms with E-state index in [1.54, 1.807) is 24.3 Å². The van der Waals surface area contributed by atoms with Crippen LogP contribution in [0.1, 0.15) is 46.7 Å². The van der Waals surface area contributed by atoms with Gasteiger partial charge in [-0.2, -0.15) is 0 Å². The Kier molecular flexibility index (Phi) is 3.70. The molecule has 1 aliphatic rings. The molecule has 1 saturated carbocycles. The molecule has 1 fully saturated rings. The summed E-state index contributed by atoms with van der Waals surface area (Å²) in [7, 11) is 0. The predicted octanol–water partition coefficient (Wildman–Crippen LogP) is 5.09. The largest absolute Gasteiger partial charge is 0.288 e. The van der Waals surface area contributed by atoms with Gasteiger partial charge in [-0.3, -0.25) is 4.79 Å². The van der Waals surface area contributed by atoms with Crippen LogP contribution in [0.3, 0.4) is 0 Å². The van der Waals surface area contributed by atoms with Crippen molar-refractivity contribution in [2.24, 2.45) is 0 Å². The molecule has 0 bridgehead atoms. The van der Waals surface area contributed by atoms with Crippen molar-refractivity contribution in [3.63, 3.8) is 0 Å². The highest BCUT2D eigenvalue weighted by Crippen LogP contribution is 2.38. The monoisotopic (exact) mass is 332 g/mol. The number of ketones is 1. The molecule has 0 unspecified atom stereocenters. The molecule has 20 heavy (non-hydrogen) atoms. The molecule has 0 atom stereocenters. The van der Waals surface area contributed by atoms with E-state index in [1.807, 2.05) is 18.2 Å². The molecule has 0 N–H and O–H groups in total. The normalized spacial score (nSPS) is 14.9. The lowest BCUT2D eigenvalue weighted by atomic mass is 9.77. The minimum Gasteiger partial charge on any atom is -0.288 e. The van der Waals surface area contributed by atoms with Crippen molar-refractivity contribution >= 4 is 21.7 Å². The van der Waals surface area contributed by atoms with Gasteiger partial charge in [0.15, 0.2) is 5.78 Å². The van der Waals surface area contributed by atoms with Gasteiger partial charge in [-0.25, -0.2) is 4.39 Å². The molecule has 0 heterocycles. The maximum atomic E-state index is 14.1. The molecule has 0 saturated heterocycles. The molecule has 2 aromatic rings. The maximum absolute atomic E-state index is 14.1. The lowest BCUT2D eigenvalue weighted by molar-refractivity contribution is 0.103. The predicted molar refractivity (Wildman–Crippen MR) is 80.6 cm³/mol. The summed E-state index contributed by atoms with van der Waals surface area (Å²) in [5.41, 5.74) is 1.82. The SMILES string of the molecule is O=C(c1ccccc1C1CCC1)c1cccc(Br)c1F. The Morgan fingerprint density at radius 3 is 2.45 bits per heavy atom. The van der Waals surface area contributed by atoms with E-state index in [0.29, 0.717) is 16.0 Å². The molecule has 0 spiro atoms. The lowest BCUT2D eigenvalue weighted by Crippen LogP contribution is -2.15. The van der Waals surface area contributed by atoms with Gasteiger partial charge in [0.2, 0.25) is 0 Å². The molecule has 2 aromatic carbocycles. The van der Waals surface area contributed by atoms with Crippen molar-refractivity contribution in [3.05, 3.63) is 69.4 Å². The van der Waals surface area contributed by atoms with Crippen molar-refractivity contribution in [2.75, 3.05) is 0 Å². The average Bonchev–Trinajstić information content (AvgIpc) is 2.40. The minimum absolute atomic E-state index is 0.131. The van der Waals surface area contributed by atoms with Crippen LogP contribution in [0.15, 0.2) is 46.9 Å². The Bertz CT molecular complexity index is 662. The van der Waals surface area contributed by atoms with Crippen molar-refractivity contribution in [2.45, 2.75) is 25.2 Å². The zero-order valence-electron chi connectivity index (χ0n) is 10.9. The van der Waals surface area contributed by atoms with Crippen LogP contribution in [0.2, 0.25) is 0 Å². The first-order chi connectivity index (χ1) is 9.68. The molecule has 3 heteroatoms. The Morgan fingerprint density at radius 1 is 1.05 bits per heavy atom. The van der Waals surface area contributed by atoms with Gasteiger partial charge in [-0.15, -0.1) is 0 Å². The topological polar surface area (TPSA) is 17.1 Å². The summed E-state index contributed by atoms with van der Waals surface area (Å²) < 4.78 is 14.4. The van der Waals surface area contributed by atoms with Crippen LogP contribution in [0.5, 0.6) is 0 Å². The van der Waals surface area contributed by atoms with Crippen molar-refractivity contribution in [1.29, 1.82) is 0 Å². The molecular formula is C17H14BrFO. The van der Waals surface area contributed by atoms with Crippen LogP contribution in [0.25, 0.3) is 0 Å². The summed E-state index contributed by atoms with van der Waals surface area (Å²) in [5, 5.41) is 0. The van der Waals surface area contributed by atoms with E-state index in [4.69, 9.17) is 0 Å². The van der Waals surface area contributed by atoms with Gasteiger partial charge >= 0.3 is 0 Å². The molecule has 0 radical (unpaired) electrons. The molecule has 0 amide bonds. The zero-order valence-corrected chi connectivity index (χ0v) is 12.5. The van der Waals surface area contributed by atoms with E-state index < -0.39 is 5.82 Å². The molecule has 1 nitrogen and oxygen atoms in total. The van der Waals surface area contributed by atoms with E-state index in [0.717, 1.165) is 18.4 Å². The lowest BCUT2D eigenvalue weighted by Gasteiger charge is -2.27. The summed E-state index contributed by atoms with van der Waals surface area (Å²) in [6.07, 6.45) is 3.44. The summed E-state index contributed by atoms with van der Waals surface area (Å²) in [6, 6.07) is 12.4. The number of carbonyl (C=O) groups excluding carboxylic acids is 1. The third-order valence-corrected chi connectivity index (χ3v) is 4.56. The number of halogens is 2. The fourth-order valence-corrected chi connectivity index (χ4v) is 2.97. The van der Waals surface area contributed by atoms with Crippen LogP contribution >= 0.6 is 15.9 Å². The van der Waals surface area contributed by atoms with Crippen LogP contribution in [0.4, 0.5) is 4.39 Å². The van der Waals surface area contributed by atoms with Crippen molar-refractivity contribution < 1.29 is 9.18 Å². The average molecular weight is 333 g/mol. The van der Waals surface area contributed by atoms with Crippen molar-refractivity contribution in [3.8, 4) is 0 Å². The summed E-state index contributed by atoms with van der Waals surface area (Å²) in [4.78, 5) is 12.6. The number of benzene rings is 2. The highest BCUT2D eigenvalue weighted by atomic mass is 79.9. The second-order valence-electron chi connectivity index (χ2n) is 5.15. The number of carbonyl (C=O) groups is 1.